The van der Waals surface area contributed by atoms with Gasteiger partial charge >= 0.3 is 0 Å². The first-order valence-corrected chi connectivity index (χ1v) is 13.8. The zero-order chi connectivity index (χ0) is 23.1. The van der Waals surface area contributed by atoms with E-state index in [1.807, 2.05) is 0 Å². The molecule has 0 heterocycles. The van der Waals surface area contributed by atoms with E-state index >= 15 is 0 Å². The number of allylic oxidation sites excluding steroid dienone is 2. The predicted octanol–water partition coefficient (Wildman–Crippen LogP) is 8.45. The number of nitriles is 2. The van der Waals surface area contributed by atoms with Crippen LogP contribution in [0.1, 0.15) is 112 Å². The molecule has 0 spiro atoms. The number of hydrogen-bond donors (Lipinski definition) is 0. The Bertz CT molecular complexity index is 794. The highest BCUT2D eigenvalue weighted by atomic mass is 14.6. The zero-order valence-electron chi connectivity index (χ0n) is 21.4. The van der Waals surface area contributed by atoms with Crippen molar-refractivity contribution in [2.75, 3.05) is 0 Å². The SMILES string of the molecule is CC(C)CCCC(C)C1CCC2C3CCC4CC(=C(C#N)C#N)CC[C@]4(C)C3CC[C@]12C. The van der Waals surface area contributed by atoms with Crippen molar-refractivity contribution in [3.8, 4) is 12.1 Å². The maximum absolute atomic E-state index is 9.38. The van der Waals surface area contributed by atoms with Gasteiger partial charge in [-0.3, -0.25) is 0 Å². The van der Waals surface area contributed by atoms with Crippen LogP contribution in [0.3, 0.4) is 0 Å². The van der Waals surface area contributed by atoms with E-state index in [4.69, 9.17) is 0 Å². The molecule has 0 aliphatic heterocycles. The molecule has 0 bridgehead atoms. The number of rotatable bonds is 5. The second-order valence-corrected chi connectivity index (χ2v) is 13.1. The molecule has 0 radical (unpaired) electrons. The molecule has 4 rings (SSSR count). The molecular weight excluding hydrogens is 388 g/mol. The molecule has 32 heavy (non-hydrogen) atoms. The van der Waals surface area contributed by atoms with Crippen LogP contribution >= 0.6 is 0 Å². The van der Waals surface area contributed by atoms with Gasteiger partial charge in [0.2, 0.25) is 0 Å². The van der Waals surface area contributed by atoms with Crippen LogP contribution in [0.2, 0.25) is 0 Å². The van der Waals surface area contributed by atoms with Crippen molar-refractivity contribution in [3.63, 3.8) is 0 Å². The molecule has 0 aromatic heterocycles. The summed E-state index contributed by atoms with van der Waals surface area (Å²) in [6.07, 6.45) is 15.9. The topological polar surface area (TPSA) is 47.6 Å². The van der Waals surface area contributed by atoms with Gasteiger partial charge in [-0.1, -0.05) is 53.9 Å². The third-order valence-corrected chi connectivity index (χ3v) is 11.3. The van der Waals surface area contributed by atoms with Gasteiger partial charge in [-0.25, -0.2) is 0 Å². The molecule has 4 aliphatic carbocycles. The number of fused-ring (bicyclic) bond motifs is 5. The van der Waals surface area contributed by atoms with Gasteiger partial charge in [0.1, 0.15) is 17.7 Å². The van der Waals surface area contributed by atoms with Gasteiger partial charge in [-0.05, 0) is 116 Å². The van der Waals surface area contributed by atoms with Crippen LogP contribution in [0.4, 0.5) is 0 Å². The van der Waals surface area contributed by atoms with E-state index in [0.717, 1.165) is 53.9 Å². The number of hydrogen-bond acceptors (Lipinski definition) is 2. The second kappa shape index (κ2) is 9.16. The quantitative estimate of drug-likeness (QED) is 0.407. The summed E-state index contributed by atoms with van der Waals surface area (Å²) in [4.78, 5) is 0. The first-order chi connectivity index (χ1) is 15.2. The Balaban J connectivity index is 1.48. The van der Waals surface area contributed by atoms with Gasteiger partial charge in [0.25, 0.3) is 0 Å². The van der Waals surface area contributed by atoms with Crippen LogP contribution in [0, 0.1) is 74.9 Å². The summed E-state index contributed by atoms with van der Waals surface area (Å²) in [5, 5.41) is 18.8. The lowest BCUT2D eigenvalue weighted by Crippen LogP contribution is -2.53. The van der Waals surface area contributed by atoms with Gasteiger partial charge < -0.3 is 0 Å². The van der Waals surface area contributed by atoms with Crippen LogP contribution in [0.15, 0.2) is 11.1 Å². The normalized spacial score (nSPS) is 41.8. The summed E-state index contributed by atoms with van der Waals surface area (Å²) in [5.41, 5.74) is 2.56. The van der Waals surface area contributed by atoms with E-state index in [0.29, 0.717) is 22.3 Å². The molecule has 0 saturated heterocycles. The Morgan fingerprint density at radius 1 is 0.906 bits per heavy atom. The lowest BCUT2D eigenvalue weighted by molar-refractivity contribution is -0.109. The second-order valence-electron chi connectivity index (χ2n) is 13.1. The van der Waals surface area contributed by atoms with Crippen LogP contribution in [-0.2, 0) is 0 Å². The highest BCUT2D eigenvalue weighted by Gasteiger charge is 2.60. The van der Waals surface area contributed by atoms with Crippen LogP contribution in [-0.4, -0.2) is 0 Å². The lowest BCUT2D eigenvalue weighted by atomic mass is 9.44. The molecule has 0 aromatic carbocycles. The minimum absolute atomic E-state index is 0.412. The fourth-order valence-electron chi connectivity index (χ4n) is 9.51. The molecule has 0 aromatic rings. The minimum atomic E-state index is 0.412. The third kappa shape index (κ3) is 3.95. The Hall–Kier alpha value is -1.28. The van der Waals surface area contributed by atoms with Crippen molar-refractivity contribution >= 4 is 0 Å². The molecule has 2 nitrogen and oxygen atoms in total. The van der Waals surface area contributed by atoms with Crippen molar-refractivity contribution in [2.24, 2.45) is 52.3 Å². The Kier molecular flexibility index (Phi) is 6.83. The molecule has 0 amide bonds. The van der Waals surface area contributed by atoms with Gasteiger partial charge in [-0.15, -0.1) is 0 Å². The van der Waals surface area contributed by atoms with Crippen LogP contribution in [0.5, 0.6) is 0 Å². The monoisotopic (exact) mass is 434 g/mol. The van der Waals surface area contributed by atoms with Crippen molar-refractivity contribution < 1.29 is 0 Å². The van der Waals surface area contributed by atoms with Crippen molar-refractivity contribution in [3.05, 3.63) is 11.1 Å². The van der Waals surface area contributed by atoms with Gasteiger partial charge in [-0.2, -0.15) is 10.5 Å². The molecule has 2 heteroatoms. The first kappa shape index (κ1) is 23.9. The van der Waals surface area contributed by atoms with E-state index in [-0.39, 0.29) is 0 Å². The highest BCUT2D eigenvalue weighted by molar-refractivity contribution is 5.41. The van der Waals surface area contributed by atoms with Crippen LogP contribution in [0.25, 0.3) is 0 Å². The van der Waals surface area contributed by atoms with E-state index < -0.39 is 0 Å². The molecule has 4 saturated carbocycles. The Morgan fingerprint density at radius 3 is 2.31 bits per heavy atom. The average Bonchev–Trinajstić information content (AvgIpc) is 3.11. The summed E-state index contributed by atoms with van der Waals surface area (Å²) >= 11 is 0. The average molecular weight is 435 g/mol. The van der Waals surface area contributed by atoms with Crippen molar-refractivity contribution in [1.82, 2.24) is 0 Å². The molecule has 0 N–H and O–H groups in total. The summed E-state index contributed by atoms with van der Waals surface area (Å²) in [6.45, 7) is 12.6. The van der Waals surface area contributed by atoms with Crippen molar-refractivity contribution in [2.45, 2.75) is 112 Å². The standard InChI is InChI=1S/C30H46N2/c1-20(2)7-6-8-21(3)26-11-12-27-25-10-9-24-17-22(23(18-31)19-32)13-15-29(24,4)28(25)14-16-30(26,27)5/h20-21,24-28H,6-17H2,1-5H3/t21?,24?,25?,26?,27?,28?,29-,30+/m0/s1. The fourth-order valence-corrected chi connectivity index (χ4v) is 9.51. The largest absolute Gasteiger partial charge is 0.192 e. The minimum Gasteiger partial charge on any atom is -0.192 e. The summed E-state index contributed by atoms with van der Waals surface area (Å²) < 4.78 is 0. The third-order valence-electron chi connectivity index (χ3n) is 11.3. The van der Waals surface area contributed by atoms with E-state index in [1.165, 1.54) is 64.2 Å². The van der Waals surface area contributed by atoms with Crippen molar-refractivity contribution in [1.29, 1.82) is 10.5 Å². The van der Waals surface area contributed by atoms with E-state index in [2.05, 4.69) is 46.8 Å². The van der Waals surface area contributed by atoms with Crippen LogP contribution < -0.4 is 0 Å². The Labute approximate surface area is 197 Å². The molecule has 176 valence electrons. The maximum Gasteiger partial charge on any atom is 0.128 e. The molecule has 8 atom stereocenters. The smallest absolute Gasteiger partial charge is 0.128 e. The molecule has 4 fully saturated rings. The molecule has 6 unspecified atom stereocenters. The zero-order valence-corrected chi connectivity index (χ0v) is 21.4. The summed E-state index contributed by atoms with van der Waals surface area (Å²) in [7, 11) is 0. The fraction of sp³-hybridized carbons (Fsp3) is 0.867. The Morgan fingerprint density at radius 2 is 1.62 bits per heavy atom. The van der Waals surface area contributed by atoms with E-state index in [9.17, 15) is 10.5 Å². The first-order valence-electron chi connectivity index (χ1n) is 13.8. The van der Waals surface area contributed by atoms with Gasteiger partial charge in [0.15, 0.2) is 0 Å². The molecular formula is C30H46N2. The number of nitrogens with zero attached hydrogens (tertiary/aromatic N) is 2. The molecule has 4 aliphatic rings. The van der Waals surface area contributed by atoms with Gasteiger partial charge in [0.05, 0.1) is 0 Å². The summed E-state index contributed by atoms with van der Waals surface area (Å²) in [6, 6.07) is 4.35. The maximum atomic E-state index is 9.38. The lowest BCUT2D eigenvalue weighted by Gasteiger charge is -2.61. The van der Waals surface area contributed by atoms with E-state index in [1.54, 1.807) is 0 Å². The summed E-state index contributed by atoms with van der Waals surface area (Å²) in [5.74, 6) is 6.04. The van der Waals surface area contributed by atoms with Gasteiger partial charge in [0, 0.05) is 0 Å². The predicted molar refractivity (Wildman–Crippen MR) is 131 cm³/mol. The highest BCUT2D eigenvalue weighted by Crippen LogP contribution is 2.68.